The van der Waals surface area contributed by atoms with E-state index in [0.29, 0.717) is 19.3 Å². The summed E-state index contributed by atoms with van der Waals surface area (Å²) in [6, 6.07) is 0.496. The van der Waals surface area contributed by atoms with Gasteiger partial charge < -0.3 is 9.47 Å². The third kappa shape index (κ3) is 2.49. The van der Waals surface area contributed by atoms with Crippen molar-refractivity contribution < 1.29 is 14.3 Å². The monoisotopic (exact) mass is 213 g/mol. The van der Waals surface area contributed by atoms with Crippen LogP contribution in [0.5, 0.6) is 0 Å². The van der Waals surface area contributed by atoms with E-state index >= 15 is 0 Å². The Hall–Kier alpha value is -0.610. The molecule has 4 nitrogen and oxygen atoms in total. The van der Waals surface area contributed by atoms with Crippen molar-refractivity contribution in [1.29, 1.82) is 0 Å². The molecule has 2 aliphatic rings. The number of hydrogen-bond acceptors (Lipinski definition) is 4. The fourth-order valence-corrected chi connectivity index (χ4v) is 2.02. The fraction of sp³-hybridized carbons (Fsp3) is 0.909. The molecule has 1 saturated carbocycles. The van der Waals surface area contributed by atoms with E-state index in [-0.39, 0.29) is 5.97 Å². The molecule has 1 N–H and O–H groups in total. The van der Waals surface area contributed by atoms with E-state index in [1.807, 2.05) is 6.92 Å². The van der Waals surface area contributed by atoms with Crippen molar-refractivity contribution in [3.8, 4) is 0 Å². The zero-order valence-corrected chi connectivity index (χ0v) is 9.25. The van der Waals surface area contributed by atoms with Crippen LogP contribution in [0.25, 0.3) is 0 Å². The Morgan fingerprint density at radius 3 is 2.93 bits per heavy atom. The zero-order chi connectivity index (χ0) is 10.7. The minimum absolute atomic E-state index is 0.142. The Bertz CT molecular complexity index is 232. The molecule has 1 saturated heterocycles. The second-order valence-electron chi connectivity index (χ2n) is 4.38. The summed E-state index contributed by atoms with van der Waals surface area (Å²) in [5.74, 6) is -0.142. The van der Waals surface area contributed by atoms with E-state index in [0.717, 1.165) is 19.4 Å². The highest BCUT2D eigenvalue weighted by molar-refractivity contribution is 5.81. The van der Waals surface area contributed by atoms with Crippen LogP contribution in [0.3, 0.4) is 0 Å². The molecule has 15 heavy (non-hydrogen) atoms. The van der Waals surface area contributed by atoms with Gasteiger partial charge in [0.1, 0.15) is 5.54 Å². The highest BCUT2D eigenvalue weighted by Crippen LogP contribution is 2.28. The topological polar surface area (TPSA) is 47.6 Å². The third-order valence-electron chi connectivity index (χ3n) is 2.96. The Morgan fingerprint density at radius 1 is 1.60 bits per heavy atom. The minimum atomic E-state index is -0.560. The van der Waals surface area contributed by atoms with E-state index in [2.05, 4.69) is 5.32 Å². The van der Waals surface area contributed by atoms with E-state index in [1.54, 1.807) is 0 Å². The summed E-state index contributed by atoms with van der Waals surface area (Å²) in [7, 11) is 0. The molecule has 2 fully saturated rings. The lowest BCUT2D eigenvalue weighted by Gasteiger charge is -2.35. The second kappa shape index (κ2) is 4.49. The number of hydrogen-bond donors (Lipinski definition) is 1. The Morgan fingerprint density at radius 2 is 2.40 bits per heavy atom. The molecule has 0 aromatic carbocycles. The second-order valence-corrected chi connectivity index (χ2v) is 4.38. The first kappa shape index (κ1) is 10.9. The summed E-state index contributed by atoms with van der Waals surface area (Å²) in [5.41, 5.74) is -0.560. The number of carbonyl (C=O) groups excluding carboxylic acids is 1. The molecule has 0 spiro atoms. The van der Waals surface area contributed by atoms with E-state index in [9.17, 15) is 4.79 Å². The normalized spacial score (nSPS) is 31.3. The molecule has 1 heterocycles. The minimum Gasteiger partial charge on any atom is -0.465 e. The summed E-state index contributed by atoms with van der Waals surface area (Å²) < 4.78 is 10.6. The molecule has 0 aromatic heterocycles. The average Bonchev–Trinajstić information content (AvgIpc) is 3.03. The standard InChI is InChI=1S/C11H19NO3/c1-2-15-10(13)11(12-9-4-5-9)6-3-7-14-8-11/h9,12H,2-8H2,1H3. The van der Waals surface area contributed by atoms with Crippen LogP contribution in [0.15, 0.2) is 0 Å². The van der Waals surface area contributed by atoms with Crippen molar-refractivity contribution in [2.45, 2.75) is 44.2 Å². The molecule has 1 aliphatic heterocycles. The van der Waals surface area contributed by atoms with Crippen LogP contribution >= 0.6 is 0 Å². The number of rotatable bonds is 4. The van der Waals surface area contributed by atoms with Gasteiger partial charge in [-0.05, 0) is 32.6 Å². The summed E-state index contributed by atoms with van der Waals surface area (Å²) in [6.07, 6.45) is 4.10. The lowest BCUT2D eigenvalue weighted by Crippen LogP contribution is -2.59. The summed E-state index contributed by atoms with van der Waals surface area (Å²) in [4.78, 5) is 11.9. The maximum atomic E-state index is 11.9. The van der Waals surface area contributed by atoms with Gasteiger partial charge in [0.15, 0.2) is 0 Å². The van der Waals surface area contributed by atoms with Gasteiger partial charge in [0, 0.05) is 12.6 Å². The Kier molecular flexibility index (Phi) is 3.26. The lowest BCUT2D eigenvalue weighted by atomic mass is 9.92. The molecule has 0 radical (unpaired) electrons. The predicted molar refractivity (Wildman–Crippen MR) is 55.6 cm³/mol. The molecule has 1 aliphatic carbocycles. The van der Waals surface area contributed by atoms with E-state index in [1.165, 1.54) is 12.8 Å². The summed E-state index contributed by atoms with van der Waals surface area (Å²) >= 11 is 0. The highest BCUT2D eigenvalue weighted by Gasteiger charge is 2.45. The summed E-state index contributed by atoms with van der Waals surface area (Å²) in [5, 5.41) is 3.39. The van der Waals surface area contributed by atoms with Crippen molar-refractivity contribution in [1.82, 2.24) is 5.32 Å². The van der Waals surface area contributed by atoms with Gasteiger partial charge in [-0.3, -0.25) is 5.32 Å². The van der Waals surface area contributed by atoms with Gasteiger partial charge in [-0.25, -0.2) is 4.79 Å². The van der Waals surface area contributed by atoms with Crippen LogP contribution in [0.2, 0.25) is 0 Å². The Labute approximate surface area is 90.3 Å². The number of carbonyl (C=O) groups is 1. The van der Waals surface area contributed by atoms with E-state index in [4.69, 9.17) is 9.47 Å². The van der Waals surface area contributed by atoms with Crippen molar-refractivity contribution in [2.75, 3.05) is 19.8 Å². The molecule has 0 amide bonds. The maximum absolute atomic E-state index is 11.9. The lowest BCUT2D eigenvalue weighted by molar-refractivity contribution is -0.157. The van der Waals surface area contributed by atoms with Crippen molar-refractivity contribution in [3.63, 3.8) is 0 Å². The van der Waals surface area contributed by atoms with Gasteiger partial charge in [-0.15, -0.1) is 0 Å². The maximum Gasteiger partial charge on any atom is 0.328 e. The number of nitrogens with one attached hydrogen (secondary N) is 1. The molecule has 0 bridgehead atoms. The highest BCUT2D eigenvalue weighted by atomic mass is 16.5. The first-order valence-electron chi connectivity index (χ1n) is 5.79. The first-order chi connectivity index (χ1) is 7.27. The fourth-order valence-electron chi connectivity index (χ4n) is 2.02. The molecular weight excluding hydrogens is 194 g/mol. The van der Waals surface area contributed by atoms with Gasteiger partial charge in [-0.1, -0.05) is 0 Å². The molecule has 2 rings (SSSR count). The molecule has 4 heteroatoms. The zero-order valence-electron chi connectivity index (χ0n) is 9.25. The number of esters is 1. The van der Waals surface area contributed by atoms with Gasteiger partial charge in [0.2, 0.25) is 0 Å². The summed E-state index contributed by atoms with van der Waals surface area (Å²) in [6.45, 7) is 3.50. The van der Waals surface area contributed by atoms with Crippen molar-refractivity contribution in [2.24, 2.45) is 0 Å². The van der Waals surface area contributed by atoms with Gasteiger partial charge in [0.25, 0.3) is 0 Å². The largest absolute Gasteiger partial charge is 0.465 e. The quantitative estimate of drug-likeness (QED) is 0.703. The van der Waals surface area contributed by atoms with Crippen LogP contribution in [0.4, 0.5) is 0 Å². The van der Waals surface area contributed by atoms with Crippen LogP contribution in [0, 0.1) is 0 Å². The Balaban J connectivity index is 2.01. The SMILES string of the molecule is CCOC(=O)C1(NC2CC2)CCCOC1. The van der Waals surface area contributed by atoms with E-state index < -0.39 is 5.54 Å². The van der Waals surface area contributed by atoms with Crippen LogP contribution in [-0.2, 0) is 14.3 Å². The number of ether oxygens (including phenoxy) is 2. The predicted octanol–water partition coefficient (Wildman–Crippen LogP) is 0.851. The van der Waals surface area contributed by atoms with Gasteiger partial charge >= 0.3 is 5.97 Å². The molecule has 86 valence electrons. The molecule has 0 aromatic rings. The van der Waals surface area contributed by atoms with Crippen LogP contribution < -0.4 is 5.32 Å². The molecular formula is C11H19NO3. The van der Waals surface area contributed by atoms with Crippen LogP contribution in [-0.4, -0.2) is 37.4 Å². The van der Waals surface area contributed by atoms with Crippen molar-refractivity contribution >= 4 is 5.97 Å². The van der Waals surface area contributed by atoms with Crippen molar-refractivity contribution in [3.05, 3.63) is 0 Å². The average molecular weight is 213 g/mol. The van der Waals surface area contributed by atoms with Crippen LogP contribution in [0.1, 0.15) is 32.6 Å². The third-order valence-corrected chi connectivity index (χ3v) is 2.96. The van der Waals surface area contributed by atoms with Gasteiger partial charge in [0.05, 0.1) is 13.2 Å². The first-order valence-corrected chi connectivity index (χ1v) is 5.79. The smallest absolute Gasteiger partial charge is 0.328 e. The molecule has 1 unspecified atom stereocenters. The van der Waals surface area contributed by atoms with Gasteiger partial charge in [-0.2, -0.15) is 0 Å². The molecule has 1 atom stereocenters.